The van der Waals surface area contributed by atoms with Crippen LogP contribution in [-0.2, 0) is 19.2 Å². The van der Waals surface area contributed by atoms with Crippen molar-refractivity contribution in [2.75, 3.05) is 44.8 Å². The molecule has 2 saturated heterocycles. The summed E-state index contributed by atoms with van der Waals surface area (Å²) in [6.07, 6.45) is 3.96. The van der Waals surface area contributed by atoms with E-state index in [1.165, 1.54) is 23.8 Å². The lowest BCUT2D eigenvalue weighted by atomic mass is 9.83. The molecular formula is C22H26N6O6S2. The number of nitrogen functional groups attached to an aromatic ring is 1. The molecule has 0 spiro atoms. The Morgan fingerprint density at radius 3 is 2.78 bits per heavy atom. The predicted octanol–water partition coefficient (Wildman–Crippen LogP) is -1.40. The number of oxime groups is 1. The van der Waals surface area contributed by atoms with E-state index in [-0.39, 0.29) is 28.8 Å². The van der Waals surface area contributed by atoms with E-state index in [0.29, 0.717) is 28.3 Å². The number of anilines is 1. The van der Waals surface area contributed by atoms with E-state index in [2.05, 4.69) is 21.7 Å². The molecule has 0 aromatic carbocycles. The Morgan fingerprint density at radius 2 is 2.17 bits per heavy atom. The summed E-state index contributed by atoms with van der Waals surface area (Å²) in [5.41, 5.74) is 7.24. The van der Waals surface area contributed by atoms with Gasteiger partial charge in [0, 0.05) is 35.1 Å². The van der Waals surface area contributed by atoms with E-state index in [9.17, 15) is 24.6 Å². The van der Waals surface area contributed by atoms with Gasteiger partial charge in [0.1, 0.15) is 30.8 Å². The largest absolute Gasteiger partial charge is 0.543 e. The normalized spacial score (nSPS) is 29.4. The van der Waals surface area contributed by atoms with Crippen molar-refractivity contribution in [3.05, 3.63) is 34.1 Å². The van der Waals surface area contributed by atoms with Crippen LogP contribution in [0.5, 0.6) is 0 Å². The number of aliphatic hydroxyl groups excluding tert-OH is 1. The summed E-state index contributed by atoms with van der Waals surface area (Å²) in [6, 6.07) is -0.935. The van der Waals surface area contributed by atoms with Crippen molar-refractivity contribution in [3.63, 3.8) is 0 Å². The number of aliphatic carboxylic acids is 1. The average Bonchev–Trinajstić information content (AvgIpc) is 3.31. The number of hydrogen-bond acceptors (Lipinski definition) is 11. The zero-order chi connectivity index (χ0) is 25.6. The number of piperidine rings is 1. The van der Waals surface area contributed by atoms with Gasteiger partial charge in [-0.25, -0.2) is 4.98 Å². The Morgan fingerprint density at radius 1 is 1.42 bits per heavy atom. The monoisotopic (exact) mass is 534 g/mol. The number of carbonyl (C=O) groups excluding carboxylic acids is 3. The van der Waals surface area contributed by atoms with Crippen LogP contribution >= 0.6 is 23.1 Å². The summed E-state index contributed by atoms with van der Waals surface area (Å²) in [6.45, 7) is 2.17. The van der Waals surface area contributed by atoms with Crippen LogP contribution in [0.4, 0.5) is 5.13 Å². The highest BCUT2D eigenvalue weighted by molar-refractivity contribution is 8.00. The molecular weight excluding hydrogens is 508 g/mol. The van der Waals surface area contributed by atoms with Gasteiger partial charge in [-0.15, -0.1) is 23.1 Å². The Kier molecular flexibility index (Phi) is 6.53. The van der Waals surface area contributed by atoms with Crippen molar-refractivity contribution in [1.29, 1.82) is 0 Å². The van der Waals surface area contributed by atoms with Gasteiger partial charge in [-0.1, -0.05) is 5.16 Å². The minimum atomic E-state index is -1.41. The molecule has 5 aliphatic heterocycles. The average molecular weight is 535 g/mol. The Hall–Kier alpha value is -2.94. The number of fused-ring (bicyclic) bond motifs is 3. The molecule has 2 fully saturated rings. The van der Waals surface area contributed by atoms with Crippen LogP contribution in [0.25, 0.3) is 0 Å². The van der Waals surface area contributed by atoms with Crippen LogP contribution in [0.3, 0.4) is 0 Å². The quantitative estimate of drug-likeness (QED) is 0.157. The van der Waals surface area contributed by atoms with Gasteiger partial charge in [0.2, 0.25) is 0 Å². The number of carboxylic acids is 1. The van der Waals surface area contributed by atoms with Crippen molar-refractivity contribution >= 4 is 51.7 Å². The Balaban J connectivity index is 1.35. The number of nitrogens with zero attached hydrogens (tertiary/aromatic N) is 4. The van der Waals surface area contributed by atoms with Gasteiger partial charge in [0.25, 0.3) is 11.8 Å². The van der Waals surface area contributed by atoms with E-state index < -0.39 is 29.2 Å². The first-order valence-corrected chi connectivity index (χ1v) is 13.4. The van der Waals surface area contributed by atoms with Crippen molar-refractivity contribution in [1.82, 2.24) is 15.2 Å². The molecule has 0 saturated carbocycles. The molecule has 14 heteroatoms. The minimum Gasteiger partial charge on any atom is -0.543 e. The third kappa shape index (κ3) is 4.17. The summed E-state index contributed by atoms with van der Waals surface area (Å²) in [5.74, 6) is -1.84. The molecule has 0 aliphatic carbocycles. The number of carbonyl (C=O) groups is 3. The van der Waals surface area contributed by atoms with Crippen molar-refractivity contribution in [2.24, 2.45) is 11.1 Å². The highest BCUT2D eigenvalue weighted by Gasteiger charge is 2.54. The fourth-order valence-corrected chi connectivity index (χ4v) is 7.37. The van der Waals surface area contributed by atoms with Gasteiger partial charge < -0.3 is 30.9 Å². The topological polar surface area (TPSA) is 170 Å². The van der Waals surface area contributed by atoms with Crippen LogP contribution in [0.15, 0.2) is 33.6 Å². The summed E-state index contributed by atoms with van der Waals surface area (Å²) in [5, 5.41) is 29.5. The highest BCUT2D eigenvalue weighted by atomic mass is 32.2. The summed E-state index contributed by atoms with van der Waals surface area (Å²) in [7, 11) is 1.28. The zero-order valence-corrected chi connectivity index (χ0v) is 21.1. The summed E-state index contributed by atoms with van der Waals surface area (Å²) < 4.78 is 0.569. The summed E-state index contributed by atoms with van der Waals surface area (Å²) in [4.78, 5) is 48.2. The third-order valence-corrected chi connectivity index (χ3v) is 9.20. The van der Waals surface area contributed by atoms with Crippen molar-refractivity contribution < 1.29 is 33.9 Å². The molecule has 4 N–H and O–H groups in total. The van der Waals surface area contributed by atoms with Gasteiger partial charge in [-0.05, 0) is 5.92 Å². The SMILES string of the molecule is CO/N=C(\C(=O)N[C@@H]1C(=O)N2C(C(=O)[O-])=C(C[N+]34C=C(CO)C(CC3)CC4)CS[C@H]12)c1csc(N)n1. The number of thioether (sulfide) groups is 1. The zero-order valence-electron chi connectivity index (χ0n) is 19.5. The number of β-lactam (4-membered cyclic amide) rings is 1. The standard InChI is InChI=1S/C22H26N6O6S2/c1-34-26-15(14-10-36-22(23)24-14)18(30)25-16-19(31)27-17(21(32)33)13(9-35-20(16)27)7-28-4-2-11(3-5-28)12(6-28)8-29/h6,10-11,16,20,29H,2-5,7-9H2,1H3,(H3-,23,24,25,30,32,33)/b26-15-/t11?,16-,20-,28?/m1/s1. The maximum absolute atomic E-state index is 13.1. The molecule has 36 heavy (non-hydrogen) atoms. The van der Waals surface area contributed by atoms with E-state index in [4.69, 9.17) is 10.6 Å². The lowest BCUT2D eigenvalue weighted by molar-refractivity contribution is -0.885. The van der Waals surface area contributed by atoms with Gasteiger partial charge in [-0.3, -0.25) is 19.0 Å². The highest BCUT2D eigenvalue weighted by Crippen LogP contribution is 2.43. The van der Waals surface area contributed by atoms with Gasteiger partial charge in [0.15, 0.2) is 10.8 Å². The second kappa shape index (κ2) is 9.50. The molecule has 0 unspecified atom stereocenters. The number of quaternary nitrogens is 1. The maximum atomic E-state index is 13.1. The van der Waals surface area contributed by atoms with Crippen molar-refractivity contribution in [3.8, 4) is 0 Å². The van der Waals surface area contributed by atoms with Crippen LogP contribution < -0.4 is 16.2 Å². The molecule has 2 bridgehead atoms. The first-order valence-electron chi connectivity index (χ1n) is 11.5. The Labute approximate surface area is 215 Å². The van der Waals surface area contributed by atoms with E-state index >= 15 is 0 Å². The number of amides is 2. The lowest BCUT2D eigenvalue weighted by Crippen LogP contribution is -2.72. The number of aromatic nitrogens is 1. The van der Waals surface area contributed by atoms with Crippen LogP contribution in [0.2, 0.25) is 0 Å². The van der Waals surface area contributed by atoms with Crippen LogP contribution in [-0.4, -0.2) is 93.5 Å². The first-order chi connectivity index (χ1) is 17.3. The van der Waals surface area contributed by atoms with Crippen LogP contribution in [0.1, 0.15) is 18.5 Å². The molecule has 1 aromatic rings. The number of thiazole rings is 1. The lowest BCUT2D eigenvalue weighted by Gasteiger charge is -2.52. The predicted molar refractivity (Wildman–Crippen MR) is 130 cm³/mol. The van der Waals surface area contributed by atoms with Gasteiger partial charge in [0.05, 0.1) is 37.6 Å². The number of aliphatic hydroxyl groups is 1. The number of rotatable bonds is 8. The molecule has 0 radical (unpaired) electrons. The van der Waals surface area contributed by atoms with Crippen molar-refractivity contribution in [2.45, 2.75) is 24.3 Å². The third-order valence-electron chi connectivity index (χ3n) is 7.19. The second-order valence-electron chi connectivity index (χ2n) is 9.25. The second-order valence-corrected chi connectivity index (χ2v) is 11.2. The Bertz CT molecular complexity index is 1200. The molecule has 12 nitrogen and oxygen atoms in total. The smallest absolute Gasteiger partial charge is 0.276 e. The van der Waals surface area contributed by atoms with Crippen LogP contribution in [0, 0.1) is 5.92 Å². The molecule has 2 atom stereocenters. The number of carboxylic acid groups (broad SMARTS) is 1. The number of hydrogen-bond donors (Lipinski definition) is 3. The van der Waals surface area contributed by atoms with Gasteiger partial charge >= 0.3 is 0 Å². The molecule has 6 heterocycles. The maximum Gasteiger partial charge on any atom is 0.276 e. The summed E-state index contributed by atoms with van der Waals surface area (Å²) >= 11 is 2.53. The fourth-order valence-electron chi connectivity index (χ4n) is 5.49. The van der Waals surface area contributed by atoms with E-state index in [1.807, 2.05) is 0 Å². The number of nitrogens with one attached hydrogen (secondary N) is 1. The molecule has 192 valence electrons. The number of nitrogens with two attached hydrogens (primary N) is 1. The van der Waals surface area contributed by atoms with E-state index in [0.717, 1.165) is 42.8 Å². The first kappa shape index (κ1) is 24.7. The van der Waals surface area contributed by atoms with Gasteiger partial charge in [-0.2, -0.15) is 0 Å². The fraction of sp³-hybridized carbons (Fsp3) is 0.500. The minimum absolute atomic E-state index is 0.00171. The molecule has 5 aliphatic rings. The molecule has 2 amide bonds. The molecule has 1 aromatic heterocycles. The molecule has 6 rings (SSSR count). The van der Waals surface area contributed by atoms with E-state index in [1.54, 1.807) is 5.38 Å².